The number of halogens is 2. The summed E-state index contributed by atoms with van der Waals surface area (Å²) in [6.45, 7) is 5.29. The zero-order valence-corrected chi connectivity index (χ0v) is 10.0. The summed E-state index contributed by atoms with van der Waals surface area (Å²) < 4.78 is 14.3. The van der Waals surface area contributed by atoms with Crippen molar-refractivity contribution in [2.45, 2.75) is 18.8 Å². The first-order valence-corrected chi connectivity index (χ1v) is 5.30. The van der Waals surface area contributed by atoms with E-state index in [4.69, 9.17) is 5.26 Å². The maximum atomic E-state index is 13.6. The Morgan fingerprint density at radius 3 is 2.80 bits per heavy atom. The van der Waals surface area contributed by atoms with Crippen molar-refractivity contribution in [3.05, 3.63) is 46.7 Å². The number of nitrogens with zero attached hydrogens (tertiary/aromatic N) is 1. The third-order valence-corrected chi connectivity index (χ3v) is 2.82. The maximum absolute atomic E-state index is 13.6. The van der Waals surface area contributed by atoms with Crippen LogP contribution >= 0.6 is 15.9 Å². The fraction of sp³-hybridized carbons (Fsp3) is 0.250. The minimum Gasteiger partial charge on any atom is -0.207 e. The van der Waals surface area contributed by atoms with E-state index in [0.29, 0.717) is 16.5 Å². The van der Waals surface area contributed by atoms with Crippen molar-refractivity contribution >= 4 is 15.9 Å². The van der Waals surface area contributed by atoms with Gasteiger partial charge in [-0.05, 0) is 25.5 Å². The van der Waals surface area contributed by atoms with E-state index in [0.717, 1.165) is 0 Å². The standard InChI is InChI=1S/C12H11BrFN/c1-3-6-12(2,8-15)10-5-4-9(13)7-11(10)14/h3-5,7H,1,6H2,2H3. The molecule has 0 fully saturated rings. The van der Waals surface area contributed by atoms with Gasteiger partial charge in [-0.15, -0.1) is 6.58 Å². The third-order valence-electron chi connectivity index (χ3n) is 2.32. The number of benzene rings is 1. The van der Waals surface area contributed by atoms with Gasteiger partial charge in [0.15, 0.2) is 0 Å². The highest BCUT2D eigenvalue weighted by Crippen LogP contribution is 2.30. The van der Waals surface area contributed by atoms with Crippen LogP contribution in [0.5, 0.6) is 0 Å². The smallest absolute Gasteiger partial charge is 0.129 e. The van der Waals surface area contributed by atoms with Crippen LogP contribution in [-0.4, -0.2) is 0 Å². The van der Waals surface area contributed by atoms with E-state index in [9.17, 15) is 4.39 Å². The van der Waals surface area contributed by atoms with Crippen LogP contribution in [0.2, 0.25) is 0 Å². The summed E-state index contributed by atoms with van der Waals surface area (Å²) in [7, 11) is 0. The summed E-state index contributed by atoms with van der Waals surface area (Å²) in [6.07, 6.45) is 2.06. The monoisotopic (exact) mass is 267 g/mol. The van der Waals surface area contributed by atoms with Crippen LogP contribution in [0.3, 0.4) is 0 Å². The van der Waals surface area contributed by atoms with Crippen molar-refractivity contribution in [3.8, 4) is 6.07 Å². The Labute approximate surface area is 97.4 Å². The van der Waals surface area contributed by atoms with Crippen molar-refractivity contribution in [2.24, 2.45) is 0 Å². The molecular formula is C12H11BrFN. The molecule has 1 aromatic rings. The molecule has 15 heavy (non-hydrogen) atoms. The van der Waals surface area contributed by atoms with Crippen LogP contribution in [0, 0.1) is 17.1 Å². The molecule has 0 aliphatic rings. The lowest BCUT2D eigenvalue weighted by Crippen LogP contribution is -2.20. The molecule has 0 bridgehead atoms. The van der Waals surface area contributed by atoms with Gasteiger partial charge < -0.3 is 0 Å². The summed E-state index contributed by atoms with van der Waals surface area (Å²) in [5, 5.41) is 9.09. The van der Waals surface area contributed by atoms with Gasteiger partial charge in [0.25, 0.3) is 0 Å². The van der Waals surface area contributed by atoms with Crippen LogP contribution in [-0.2, 0) is 5.41 Å². The van der Waals surface area contributed by atoms with Crippen molar-refractivity contribution in [3.63, 3.8) is 0 Å². The van der Waals surface area contributed by atoms with Crippen molar-refractivity contribution in [1.29, 1.82) is 5.26 Å². The number of allylic oxidation sites excluding steroid dienone is 1. The van der Waals surface area contributed by atoms with Gasteiger partial charge >= 0.3 is 0 Å². The molecule has 0 N–H and O–H groups in total. The first-order chi connectivity index (χ1) is 7.03. The molecule has 0 saturated heterocycles. The molecule has 1 rings (SSSR count). The quantitative estimate of drug-likeness (QED) is 0.761. The van der Waals surface area contributed by atoms with Crippen LogP contribution in [0.4, 0.5) is 4.39 Å². The topological polar surface area (TPSA) is 23.8 Å². The van der Waals surface area contributed by atoms with Crippen molar-refractivity contribution < 1.29 is 4.39 Å². The average Bonchev–Trinajstić information content (AvgIpc) is 2.17. The van der Waals surface area contributed by atoms with E-state index in [1.165, 1.54) is 6.07 Å². The van der Waals surface area contributed by atoms with Crippen LogP contribution < -0.4 is 0 Å². The minimum absolute atomic E-state index is 0.365. The molecule has 1 unspecified atom stereocenters. The van der Waals surface area contributed by atoms with E-state index >= 15 is 0 Å². The van der Waals surface area contributed by atoms with Gasteiger partial charge in [-0.3, -0.25) is 0 Å². The second kappa shape index (κ2) is 4.59. The van der Waals surface area contributed by atoms with Gasteiger partial charge in [-0.1, -0.05) is 28.1 Å². The minimum atomic E-state index is -0.841. The van der Waals surface area contributed by atoms with E-state index in [1.54, 1.807) is 25.1 Å². The fourth-order valence-corrected chi connectivity index (χ4v) is 1.77. The summed E-state index contributed by atoms with van der Waals surface area (Å²) in [6, 6.07) is 6.86. The largest absolute Gasteiger partial charge is 0.207 e. The molecule has 1 atom stereocenters. The third kappa shape index (κ3) is 2.45. The number of nitriles is 1. The van der Waals surface area contributed by atoms with Crippen LogP contribution in [0.15, 0.2) is 35.3 Å². The summed E-state index contributed by atoms with van der Waals surface area (Å²) in [4.78, 5) is 0. The van der Waals surface area contributed by atoms with Gasteiger partial charge in [0, 0.05) is 10.0 Å². The van der Waals surface area contributed by atoms with E-state index < -0.39 is 5.41 Å². The lowest BCUT2D eigenvalue weighted by Gasteiger charge is -2.20. The molecule has 0 aliphatic carbocycles. The zero-order valence-electron chi connectivity index (χ0n) is 8.43. The molecule has 0 aromatic heterocycles. The molecule has 78 valence electrons. The molecule has 0 radical (unpaired) electrons. The molecule has 0 aliphatic heterocycles. The lowest BCUT2D eigenvalue weighted by atomic mass is 9.81. The summed E-state index contributed by atoms with van der Waals surface area (Å²) in [5.74, 6) is -0.365. The first-order valence-electron chi connectivity index (χ1n) is 4.51. The lowest BCUT2D eigenvalue weighted by molar-refractivity contribution is 0.541. The first kappa shape index (κ1) is 11.9. The van der Waals surface area contributed by atoms with E-state index in [-0.39, 0.29) is 5.82 Å². The highest BCUT2D eigenvalue weighted by atomic mass is 79.9. The predicted octanol–water partition coefficient (Wildman–Crippen LogP) is 3.95. The molecule has 1 nitrogen and oxygen atoms in total. The number of rotatable bonds is 3. The summed E-state index contributed by atoms with van der Waals surface area (Å²) >= 11 is 3.18. The zero-order chi connectivity index (χ0) is 11.5. The number of hydrogen-bond acceptors (Lipinski definition) is 1. The Morgan fingerprint density at radius 1 is 1.67 bits per heavy atom. The Kier molecular flexibility index (Phi) is 3.65. The Hall–Kier alpha value is -1.14. The normalized spacial score (nSPS) is 14.0. The molecular weight excluding hydrogens is 257 g/mol. The van der Waals surface area contributed by atoms with Gasteiger partial charge in [-0.25, -0.2) is 4.39 Å². The molecule has 3 heteroatoms. The van der Waals surface area contributed by atoms with Gasteiger partial charge in [-0.2, -0.15) is 5.26 Å². The highest BCUT2D eigenvalue weighted by molar-refractivity contribution is 9.10. The fourth-order valence-electron chi connectivity index (χ4n) is 1.44. The molecule has 0 saturated carbocycles. The van der Waals surface area contributed by atoms with Crippen molar-refractivity contribution in [1.82, 2.24) is 0 Å². The van der Waals surface area contributed by atoms with Gasteiger partial charge in [0.2, 0.25) is 0 Å². The SMILES string of the molecule is C=CCC(C)(C#N)c1ccc(Br)cc1F. The van der Waals surface area contributed by atoms with E-state index in [2.05, 4.69) is 28.6 Å². The Bertz CT molecular complexity index is 422. The predicted molar refractivity (Wildman–Crippen MR) is 61.9 cm³/mol. The van der Waals surface area contributed by atoms with Crippen LogP contribution in [0.1, 0.15) is 18.9 Å². The molecule has 0 amide bonds. The molecule has 0 heterocycles. The van der Waals surface area contributed by atoms with E-state index in [1.807, 2.05) is 0 Å². The number of hydrogen-bond donors (Lipinski definition) is 0. The molecule has 1 aromatic carbocycles. The Balaban J connectivity index is 3.25. The van der Waals surface area contributed by atoms with Gasteiger partial charge in [0.05, 0.1) is 11.5 Å². The average molecular weight is 268 g/mol. The Morgan fingerprint density at radius 2 is 2.33 bits per heavy atom. The second-order valence-corrected chi connectivity index (χ2v) is 4.48. The van der Waals surface area contributed by atoms with Crippen molar-refractivity contribution in [2.75, 3.05) is 0 Å². The molecule has 0 spiro atoms. The second-order valence-electron chi connectivity index (χ2n) is 3.56. The van der Waals surface area contributed by atoms with Crippen LogP contribution in [0.25, 0.3) is 0 Å². The van der Waals surface area contributed by atoms with Gasteiger partial charge in [0.1, 0.15) is 5.82 Å². The summed E-state index contributed by atoms with van der Waals surface area (Å²) in [5.41, 5.74) is -0.430. The maximum Gasteiger partial charge on any atom is 0.129 e. The highest BCUT2D eigenvalue weighted by Gasteiger charge is 2.28.